The fourth-order valence-electron chi connectivity index (χ4n) is 2.02. The minimum absolute atomic E-state index is 0.485. The molecule has 1 N–H and O–H groups in total. The van der Waals surface area contributed by atoms with Gasteiger partial charge in [-0.3, -0.25) is 0 Å². The van der Waals surface area contributed by atoms with Crippen LogP contribution in [0, 0.1) is 5.92 Å². The molecule has 3 heteroatoms. The molecule has 1 aromatic rings. The van der Waals surface area contributed by atoms with Crippen LogP contribution in [-0.2, 0) is 6.54 Å². The van der Waals surface area contributed by atoms with Gasteiger partial charge in [0, 0.05) is 24.8 Å². The van der Waals surface area contributed by atoms with E-state index in [1.807, 2.05) is 12.5 Å². The Morgan fingerprint density at radius 3 is 2.50 bits per heavy atom. The van der Waals surface area contributed by atoms with Crippen molar-refractivity contribution in [2.24, 2.45) is 5.92 Å². The van der Waals surface area contributed by atoms with Crippen LogP contribution in [0.5, 0.6) is 0 Å². The number of hydrogen-bond donors (Lipinski definition) is 1. The molecule has 1 heterocycles. The molecule has 16 heavy (non-hydrogen) atoms. The minimum atomic E-state index is 0.485. The molecule has 0 aliphatic carbocycles. The number of hydrogen-bond acceptors (Lipinski definition) is 2. The molecule has 1 atom stereocenters. The van der Waals surface area contributed by atoms with Gasteiger partial charge in [0.1, 0.15) is 0 Å². The van der Waals surface area contributed by atoms with E-state index in [4.69, 9.17) is 0 Å². The lowest BCUT2D eigenvalue weighted by molar-refractivity contribution is 0.380. The summed E-state index contributed by atoms with van der Waals surface area (Å²) in [6, 6.07) is 1.08. The summed E-state index contributed by atoms with van der Waals surface area (Å²) in [5.74, 6) is 0.681. The molecule has 1 unspecified atom stereocenters. The predicted molar refractivity (Wildman–Crippen MR) is 68.4 cm³/mol. The third kappa shape index (κ3) is 3.34. The van der Waals surface area contributed by atoms with E-state index in [1.165, 1.54) is 12.1 Å². The average molecular weight is 223 g/mol. The molecule has 0 radical (unpaired) electrons. The Kier molecular flexibility index (Phi) is 5.00. The first kappa shape index (κ1) is 13.2. The Hall–Kier alpha value is -0.830. The number of imidazole rings is 1. The van der Waals surface area contributed by atoms with Gasteiger partial charge < -0.3 is 9.88 Å². The van der Waals surface area contributed by atoms with Crippen molar-refractivity contribution < 1.29 is 0 Å². The number of nitrogens with zero attached hydrogens (tertiary/aromatic N) is 2. The molecule has 0 fully saturated rings. The number of rotatable bonds is 6. The summed E-state index contributed by atoms with van der Waals surface area (Å²) in [6.07, 6.45) is 5.05. The van der Waals surface area contributed by atoms with Crippen LogP contribution in [0.1, 0.15) is 52.8 Å². The van der Waals surface area contributed by atoms with Gasteiger partial charge in [-0.15, -0.1) is 0 Å². The van der Waals surface area contributed by atoms with E-state index in [0.29, 0.717) is 18.0 Å². The highest BCUT2D eigenvalue weighted by Crippen LogP contribution is 2.11. The quantitative estimate of drug-likeness (QED) is 0.803. The van der Waals surface area contributed by atoms with Gasteiger partial charge in [0.25, 0.3) is 0 Å². The maximum atomic E-state index is 4.21. The third-order valence-corrected chi connectivity index (χ3v) is 3.09. The lowest BCUT2D eigenvalue weighted by Crippen LogP contribution is -2.33. The van der Waals surface area contributed by atoms with Crippen molar-refractivity contribution in [2.75, 3.05) is 0 Å². The van der Waals surface area contributed by atoms with Gasteiger partial charge in [-0.25, -0.2) is 4.98 Å². The first-order valence-electron chi connectivity index (χ1n) is 6.30. The van der Waals surface area contributed by atoms with E-state index in [-0.39, 0.29) is 0 Å². The summed E-state index contributed by atoms with van der Waals surface area (Å²) in [5.41, 5.74) is 1.27. The number of aromatic nitrogens is 2. The normalized spacial score (nSPS) is 13.7. The van der Waals surface area contributed by atoms with Gasteiger partial charge in [-0.05, 0) is 26.2 Å². The third-order valence-electron chi connectivity index (χ3n) is 3.09. The standard InChI is InChI=1S/C13H25N3/c1-6-13(10(2)3)15-8-12-7-14-9-16(12)11(4)5/h7,9-11,13,15H,6,8H2,1-5H3. The van der Waals surface area contributed by atoms with Crippen LogP contribution in [0.3, 0.4) is 0 Å². The Morgan fingerprint density at radius 2 is 2.00 bits per heavy atom. The Bertz CT molecular complexity index is 302. The fourth-order valence-corrected chi connectivity index (χ4v) is 2.02. The van der Waals surface area contributed by atoms with Crippen LogP contribution in [-0.4, -0.2) is 15.6 Å². The molecule has 0 aliphatic rings. The summed E-state index contributed by atoms with van der Waals surface area (Å²) in [7, 11) is 0. The van der Waals surface area contributed by atoms with Crippen molar-refractivity contribution in [1.82, 2.24) is 14.9 Å². The van der Waals surface area contributed by atoms with Gasteiger partial charge in [0.2, 0.25) is 0 Å². The van der Waals surface area contributed by atoms with Gasteiger partial charge in [0.05, 0.1) is 12.0 Å². The maximum absolute atomic E-state index is 4.21. The summed E-state index contributed by atoms with van der Waals surface area (Å²) >= 11 is 0. The van der Waals surface area contributed by atoms with Crippen LogP contribution in [0.4, 0.5) is 0 Å². The average Bonchev–Trinajstić information content (AvgIpc) is 2.66. The van der Waals surface area contributed by atoms with Crippen molar-refractivity contribution in [3.63, 3.8) is 0 Å². The van der Waals surface area contributed by atoms with Crippen molar-refractivity contribution >= 4 is 0 Å². The van der Waals surface area contributed by atoms with E-state index >= 15 is 0 Å². The van der Waals surface area contributed by atoms with Crippen LogP contribution in [0.15, 0.2) is 12.5 Å². The Balaban J connectivity index is 2.56. The Labute approximate surface area is 99.3 Å². The van der Waals surface area contributed by atoms with Gasteiger partial charge in [-0.1, -0.05) is 20.8 Å². The lowest BCUT2D eigenvalue weighted by Gasteiger charge is -2.21. The first-order chi connectivity index (χ1) is 7.56. The fraction of sp³-hybridized carbons (Fsp3) is 0.769. The van der Waals surface area contributed by atoms with Crippen molar-refractivity contribution in [3.05, 3.63) is 18.2 Å². The molecule has 0 saturated carbocycles. The van der Waals surface area contributed by atoms with Crippen molar-refractivity contribution in [1.29, 1.82) is 0 Å². The summed E-state index contributed by atoms with van der Waals surface area (Å²) in [5, 5.41) is 3.61. The minimum Gasteiger partial charge on any atom is -0.331 e. The van der Waals surface area contributed by atoms with E-state index in [9.17, 15) is 0 Å². The van der Waals surface area contributed by atoms with Crippen LogP contribution in [0.2, 0.25) is 0 Å². The second-order valence-electron chi connectivity index (χ2n) is 5.03. The summed E-state index contributed by atoms with van der Waals surface area (Å²) in [4.78, 5) is 4.21. The molecule has 0 aromatic carbocycles. The molecule has 0 amide bonds. The highest BCUT2D eigenvalue weighted by Gasteiger charge is 2.11. The molecule has 0 aliphatic heterocycles. The SMILES string of the molecule is CCC(NCc1cncn1C(C)C)C(C)C. The summed E-state index contributed by atoms with van der Waals surface area (Å²) < 4.78 is 2.22. The second-order valence-corrected chi connectivity index (χ2v) is 5.03. The molecule has 0 spiro atoms. The molecule has 92 valence electrons. The van der Waals surface area contributed by atoms with Crippen LogP contribution < -0.4 is 5.32 Å². The highest BCUT2D eigenvalue weighted by atomic mass is 15.1. The maximum Gasteiger partial charge on any atom is 0.0951 e. The van der Waals surface area contributed by atoms with E-state index in [1.54, 1.807) is 0 Å². The van der Waals surface area contributed by atoms with Gasteiger partial charge in [-0.2, -0.15) is 0 Å². The van der Waals surface area contributed by atoms with E-state index < -0.39 is 0 Å². The van der Waals surface area contributed by atoms with Crippen molar-refractivity contribution in [2.45, 2.75) is 59.7 Å². The molecule has 1 aromatic heterocycles. The van der Waals surface area contributed by atoms with Crippen LogP contribution in [0.25, 0.3) is 0 Å². The molecule has 0 bridgehead atoms. The van der Waals surface area contributed by atoms with E-state index in [0.717, 1.165) is 6.54 Å². The lowest BCUT2D eigenvalue weighted by atomic mass is 10.0. The summed E-state index contributed by atoms with van der Waals surface area (Å²) in [6.45, 7) is 12.0. The highest BCUT2D eigenvalue weighted by molar-refractivity contribution is 4.99. The monoisotopic (exact) mass is 223 g/mol. The molecule has 1 rings (SSSR count). The Morgan fingerprint density at radius 1 is 1.31 bits per heavy atom. The molecule has 0 saturated heterocycles. The largest absolute Gasteiger partial charge is 0.331 e. The molecule has 3 nitrogen and oxygen atoms in total. The molecular formula is C13H25N3. The van der Waals surface area contributed by atoms with E-state index in [2.05, 4.69) is 49.5 Å². The zero-order chi connectivity index (χ0) is 12.1. The van der Waals surface area contributed by atoms with Crippen LogP contribution >= 0.6 is 0 Å². The van der Waals surface area contributed by atoms with Crippen molar-refractivity contribution in [3.8, 4) is 0 Å². The topological polar surface area (TPSA) is 29.9 Å². The number of nitrogens with one attached hydrogen (secondary N) is 1. The predicted octanol–water partition coefficient (Wildman–Crippen LogP) is 2.99. The molecular weight excluding hydrogens is 198 g/mol. The smallest absolute Gasteiger partial charge is 0.0951 e. The zero-order valence-corrected chi connectivity index (χ0v) is 11.2. The zero-order valence-electron chi connectivity index (χ0n) is 11.2. The first-order valence-corrected chi connectivity index (χ1v) is 6.30. The second kappa shape index (κ2) is 6.04. The van der Waals surface area contributed by atoms with Gasteiger partial charge >= 0.3 is 0 Å². The van der Waals surface area contributed by atoms with Gasteiger partial charge in [0.15, 0.2) is 0 Å².